The second-order valence-electron chi connectivity index (χ2n) is 11.1. The molecule has 0 unspecified atom stereocenters. The molecule has 8 rings (SSSR count). The Morgan fingerprint density at radius 3 is 3.03 bits per heavy atom. The number of nitrogens with one attached hydrogen (secondary N) is 2. The number of morpholine rings is 1. The topological polar surface area (TPSA) is 103 Å². The van der Waals surface area contributed by atoms with Gasteiger partial charge in [-0.2, -0.15) is 5.10 Å². The molecular weight excluding hydrogens is 430 g/mol. The third-order valence-corrected chi connectivity index (χ3v) is 8.87. The molecule has 2 bridgehead atoms. The van der Waals surface area contributed by atoms with Gasteiger partial charge in [0.25, 0.3) is 0 Å². The zero-order valence-electron chi connectivity index (χ0n) is 20.0. The number of nitrogens with zero attached hydrogens (tertiary/aromatic N) is 5. The number of amides is 1. The van der Waals surface area contributed by atoms with Gasteiger partial charge in [0.05, 0.1) is 30.6 Å². The second kappa shape index (κ2) is 7.11. The van der Waals surface area contributed by atoms with Crippen molar-refractivity contribution >= 4 is 22.8 Å². The maximum absolute atomic E-state index is 13.3. The van der Waals surface area contributed by atoms with Crippen LogP contribution in [0.2, 0.25) is 0 Å². The van der Waals surface area contributed by atoms with E-state index in [0.29, 0.717) is 17.1 Å². The van der Waals surface area contributed by atoms with Crippen molar-refractivity contribution in [2.24, 2.45) is 11.3 Å². The van der Waals surface area contributed by atoms with Gasteiger partial charge in [-0.25, -0.2) is 9.97 Å². The minimum absolute atomic E-state index is 0.0679. The number of aromatic nitrogens is 5. The Labute approximate surface area is 198 Å². The van der Waals surface area contributed by atoms with Crippen molar-refractivity contribution in [1.82, 2.24) is 30.0 Å². The van der Waals surface area contributed by atoms with Crippen LogP contribution in [-0.4, -0.2) is 74.3 Å². The van der Waals surface area contributed by atoms with Crippen LogP contribution in [0.3, 0.4) is 0 Å². The standard InChI is InChI=1S/C25H31N7O2/c1-13(32-11-17-5-4-15(32)12-34-17)24(33)31(3)16-7-19-22(26-10-16)28-23(27-19)21-18-6-14-8-25(14,2)9-20(18)29-30-21/h7,10,13-15,17H,4-6,8-9,11-12H2,1-3H3,(H,29,30)(H,26,27,28)/t13-,14-,15-,17-,25-/m1/s1. The van der Waals surface area contributed by atoms with Crippen molar-refractivity contribution in [3.63, 3.8) is 0 Å². The fourth-order valence-corrected chi connectivity index (χ4v) is 6.44. The summed E-state index contributed by atoms with van der Waals surface area (Å²) in [4.78, 5) is 30.1. The number of hydrogen-bond acceptors (Lipinski definition) is 6. The van der Waals surface area contributed by atoms with Gasteiger partial charge < -0.3 is 14.6 Å². The van der Waals surface area contributed by atoms with E-state index in [1.54, 1.807) is 11.1 Å². The first-order valence-corrected chi connectivity index (χ1v) is 12.5. The molecule has 1 amide bonds. The lowest BCUT2D eigenvalue weighted by molar-refractivity contribution is -0.140. The molecule has 178 valence electrons. The molecule has 3 aromatic heterocycles. The van der Waals surface area contributed by atoms with Crippen LogP contribution >= 0.6 is 0 Å². The lowest BCUT2D eigenvalue weighted by Gasteiger charge is -2.47. The highest BCUT2D eigenvalue weighted by Gasteiger charge is 2.53. The Hall–Kier alpha value is -2.78. The Morgan fingerprint density at radius 2 is 2.26 bits per heavy atom. The van der Waals surface area contributed by atoms with E-state index >= 15 is 0 Å². The molecule has 6 heterocycles. The van der Waals surface area contributed by atoms with Crippen LogP contribution in [0.25, 0.3) is 22.7 Å². The molecule has 0 spiro atoms. The minimum Gasteiger partial charge on any atom is -0.375 e. The van der Waals surface area contributed by atoms with E-state index in [4.69, 9.17) is 9.72 Å². The number of likely N-dealkylation sites (N-methyl/N-ethyl adjacent to an activating group) is 1. The maximum atomic E-state index is 13.3. The third-order valence-electron chi connectivity index (χ3n) is 8.87. The van der Waals surface area contributed by atoms with Gasteiger partial charge in [-0.1, -0.05) is 6.92 Å². The molecule has 0 radical (unpaired) electrons. The van der Waals surface area contributed by atoms with Crippen molar-refractivity contribution < 1.29 is 9.53 Å². The van der Waals surface area contributed by atoms with Crippen LogP contribution in [0, 0.1) is 11.3 Å². The highest BCUT2D eigenvalue weighted by Crippen LogP contribution is 2.59. The highest BCUT2D eigenvalue weighted by molar-refractivity contribution is 5.97. The van der Waals surface area contributed by atoms with Crippen LogP contribution in [0.1, 0.15) is 44.4 Å². The summed E-state index contributed by atoms with van der Waals surface area (Å²) in [6.07, 6.45) is 7.63. The zero-order valence-corrected chi connectivity index (χ0v) is 20.0. The average Bonchev–Trinajstić information content (AvgIpc) is 3.16. The third kappa shape index (κ3) is 3.06. The smallest absolute Gasteiger partial charge is 0.243 e. The van der Waals surface area contributed by atoms with Crippen LogP contribution in [0.4, 0.5) is 5.69 Å². The molecule has 9 heteroatoms. The summed E-state index contributed by atoms with van der Waals surface area (Å²) < 4.78 is 5.82. The van der Waals surface area contributed by atoms with Gasteiger partial charge in [0, 0.05) is 30.9 Å². The molecule has 3 aliphatic heterocycles. The quantitative estimate of drug-likeness (QED) is 0.619. The van der Waals surface area contributed by atoms with Crippen LogP contribution < -0.4 is 4.90 Å². The Kier molecular flexibility index (Phi) is 4.31. The zero-order chi connectivity index (χ0) is 23.2. The normalized spacial score (nSPS) is 30.7. The van der Waals surface area contributed by atoms with Gasteiger partial charge in [0.15, 0.2) is 11.5 Å². The summed E-state index contributed by atoms with van der Waals surface area (Å²) in [5, 5.41) is 7.86. The number of carbonyl (C=O) groups is 1. The number of anilines is 1. The Morgan fingerprint density at radius 1 is 1.38 bits per heavy atom. The summed E-state index contributed by atoms with van der Waals surface area (Å²) in [5.74, 6) is 1.57. The predicted molar refractivity (Wildman–Crippen MR) is 127 cm³/mol. The number of H-pyrrole nitrogens is 2. The number of imidazole rings is 1. The van der Waals surface area contributed by atoms with Gasteiger partial charge >= 0.3 is 0 Å². The largest absolute Gasteiger partial charge is 0.375 e. The highest BCUT2D eigenvalue weighted by atomic mass is 16.5. The van der Waals surface area contributed by atoms with Gasteiger partial charge in [-0.15, -0.1) is 0 Å². The number of hydrogen-bond donors (Lipinski definition) is 2. The SMILES string of the molecule is C[C@H](C(=O)N(C)c1cnc2[nH]c(-c3n[nH]c4c3C[C@@H]3C[C@]3(C)C4)nc2c1)N1C[C@H]2CC[C@@H]1CO2. The van der Waals surface area contributed by atoms with E-state index in [0.717, 1.165) is 67.5 Å². The molecule has 5 aliphatic rings. The van der Waals surface area contributed by atoms with Crippen LogP contribution in [0.15, 0.2) is 12.3 Å². The number of carbonyl (C=O) groups excluding carboxylic acids is 1. The fraction of sp³-hybridized carbons (Fsp3) is 0.600. The summed E-state index contributed by atoms with van der Waals surface area (Å²) in [5.41, 5.74) is 6.10. The van der Waals surface area contributed by atoms with E-state index in [2.05, 4.69) is 32.0 Å². The first-order chi connectivity index (χ1) is 16.4. The molecule has 0 aromatic carbocycles. The lowest BCUT2D eigenvalue weighted by atomic mass is 9.88. The molecule has 9 nitrogen and oxygen atoms in total. The van der Waals surface area contributed by atoms with Crippen molar-refractivity contribution in [2.45, 2.75) is 64.1 Å². The number of fused-ring (bicyclic) bond motifs is 6. The number of rotatable bonds is 4. The van der Waals surface area contributed by atoms with E-state index in [1.807, 2.05) is 20.0 Å². The Bertz CT molecular complexity index is 1290. The molecule has 2 N–H and O–H groups in total. The summed E-state index contributed by atoms with van der Waals surface area (Å²) in [6.45, 7) is 5.94. The van der Waals surface area contributed by atoms with Gasteiger partial charge in [0.1, 0.15) is 11.2 Å². The lowest BCUT2D eigenvalue weighted by Crippen LogP contribution is -2.60. The number of aromatic amines is 2. The van der Waals surface area contributed by atoms with Gasteiger partial charge in [-0.05, 0) is 56.4 Å². The molecule has 34 heavy (non-hydrogen) atoms. The number of ether oxygens (including phenoxy) is 1. The van der Waals surface area contributed by atoms with Gasteiger partial charge in [-0.3, -0.25) is 14.8 Å². The maximum Gasteiger partial charge on any atom is 0.243 e. The van der Waals surface area contributed by atoms with Gasteiger partial charge in [0.2, 0.25) is 5.91 Å². The summed E-state index contributed by atoms with van der Waals surface area (Å²) >= 11 is 0. The van der Waals surface area contributed by atoms with E-state index in [-0.39, 0.29) is 18.1 Å². The van der Waals surface area contributed by atoms with E-state index < -0.39 is 0 Å². The predicted octanol–water partition coefficient (Wildman–Crippen LogP) is 2.69. The molecule has 2 aliphatic carbocycles. The van der Waals surface area contributed by atoms with E-state index in [9.17, 15) is 4.79 Å². The van der Waals surface area contributed by atoms with Crippen molar-refractivity contribution in [3.8, 4) is 11.5 Å². The number of pyridine rings is 1. The molecular formula is C25H31N7O2. The van der Waals surface area contributed by atoms with Crippen LogP contribution in [-0.2, 0) is 22.4 Å². The molecule has 5 atom stereocenters. The fourth-order valence-electron chi connectivity index (χ4n) is 6.44. The average molecular weight is 462 g/mol. The van der Waals surface area contributed by atoms with Crippen molar-refractivity contribution in [1.29, 1.82) is 0 Å². The first-order valence-electron chi connectivity index (χ1n) is 12.5. The second-order valence-corrected chi connectivity index (χ2v) is 11.1. The summed E-state index contributed by atoms with van der Waals surface area (Å²) in [6, 6.07) is 2.08. The minimum atomic E-state index is -0.198. The molecule has 1 saturated carbocycles. The summed E-state index contributed by atoms with van der Waals surface area (Å²) in [7, 11) is 1.82. The van der Waals surface area contributed by atoms with Crippen molar-refractivity contribution in [2.75, 3.05) is 25.1 Å². The first kappa shape index (κ1) is 20.6. The van der Waals surface area contributed by atoms with Crippen molar-refractivity contribution in [3.05, 3.63) is 23.5 Å². The van der Waals surface area contributed by atoms with Crippen LogP contribution in [0.5, 0.6) is 0 Å². The number of piperidine rings is 1. The molecule has 3 saturated heterocycles. The monoisotopic (exact) mass is 461 g/mol. The van der Waals surface area contributed by atoms with E-state index in [1.165, 1.54) is 17.7 Å². The molecule has 3 aromatic rings. The Balaban J connectivity index is 1.14. The molecule has 4 fully saturated rings.